The summed E-state index contributed by atoms with van der Waals surface area (Å²) >= 11 is 0. The fourth-order valence-corrected chi connectivity index (χ4v) is 3.82. The highest BCUT2D eigenvalue weighted by Crippen LogP contribution is 2.30. The molecule has 0 nitrogen and oxygen atoms in total. The fourth-order valence-electron chi connectivity index (χ4n) is 3.82. The zero-order chi connectivity index (χ0) is 22.3. The number of halogens is 2. The zero-order valence-electron chi connectivity index (χ0n) is 18.5. The van der Waals surface area contributed by atoms with Gasteiger partial charge in [-0.3, -0.25) is 0 Å². The van der Waals surface area contributed by atoms with Gasteiger partial charge in [0, 0.05) is 12.0 Å². The van der Waals surface area contributed by atoms with Crippen LogP contribution < -0.4 is 0 Å². The molecule has 0 saturated carbocycles. The van der Waals surface area contributed by atoms with Crippen LogP contribution in [0, 0.1) is 30.9 Å². The van der Waals surface area contributed by atoms with Crippen molar-refractivity contribution in [1.29, 1.82) is 0 Å². The molecule has 0 unspecified atom stereocenters. The van der Waals surface area contributed by atoms with Crippen molar-refractivity contribution in [2.45, 2.75) is 65.7 Å². The molecule has 0 atom stereocenters. The average Bonchev–Trinajstić information content (AvgIpc) is 2.73. The van der Waals surface area contributed by atoms with E-state index in [2.05, 4.69) is 32.9 Å². The molecule has 0 heterocycles. The minimum atomic E-state index is -0.480. The van der Waals surface area contributed by atoms with Crippen molar-refractivity contribution in [2.75, 3.05) is 0 Å². The Morgan fingerprint density at radius 3 is 2.13 bits per heavy atom. The molecular formula is C28H32F2. The number of rotatable bonds is 10. The lowest BCUT2D eigenvalue weighted by Crippen LogP contribution is -2.09. The molecule has 2 aromatic rings. The molecule has 158 valence electrons. The third kappa shape index (κ3) is 5.48. The van der Waals surface area contributed by atoms with Gasteiger partial charge in [0.05, 0.1) is 5.56 Å². The van der Waals surface area contributed by atoms with E-state index in [0.717, 1.165) is 48.0 Å². The van der Waals surface area contributed by atoms with E-state index in [9.17, 15) is 0 Å². The van der Waals surface area contributed by atoms with Crippen LogP contribution in [-0.4, -0.2) is 0 Å². The summed E-state index contributed by atoms with van der Waals surface area (Å²) in [6.45, 7) is 13.9. The van der Waals surface area contributed by atoms with Crippen molar-refractivity contribution in [2.24, 2.45) is 0 Å². The van der Waals surface area contributed by atoms with Gasteiger partial charge in [0.2, 0.25) is 0 Å². The van der Waals surface area contributed by atoms with E-state index < -0.39 is 11.6 Å². The Balaban J connectivity index is 2.41. The van der Waals surface area contributed by atoms with E-state index in [4.69, 9.17) is 6.42 Å². The lowest BCUT2D eigenvalue weighted by Gasteiger charge is -2.17. The summed E-state index contributed by atoms with van der Waals surface area (Å²) in [5, 5.41) is 0. The van der Waals surface area contributed by atoms with Crippen LogP contribution in [0.15, 0.2) is 43.0 Å². The number of hydrogen-bond acceptors (Lipinski definition) is 0. The highest BCUT2D eigenvalue weighted by molar-refractivity contribution is 5.63. The second-order valence-electron chi connectivity index (χ2n) is 7.96. The maximum absolute atomic E-state index is 15.3. The lowest BCUT2D eigenvalue weighted by molar-refractivity contribution is 0.561. The summed E-state index contributed by atoms with van der Waals surface area (Å²) in [7, 11) is 0. The monoisotopic (exact) mass is 406 g/mol. The van der Waals surface area contributed by atoms with E-state index in [1.54, 1.807) is 6.92 Å². The molecule has 0 saturated heterocycles. The van der Waals surface area contributed by atoms with Crippen molar-refractivity contribution in [3.05, 3.63) is 88.0 Å². The number of hydrogen-bond donors (Lipinski definition) is 0. The zero-order valence-corrected chi connectivity index (χ0v) is 18.5. The van der Waals surface area contributed by atoms with Gasteiger partial charge in [-0.05, 0) is 60.4 Å². The molecule has 0 radical (unpaired) electrons. The lowest BCUT2D eigenvalue weighted by atomic mass is 9.89. The van der Waals surface area contributed by atoms with Gasteiger partial charge in [0.15, 0.2) is 0 Å². The van der Waals surface area contributed by atoms with Gasteiger partial charge in [-0.2, -0.15) is 0 Å². The molecule has 0 spiro atoms. The summed E-state index contributed by atoms with van der Waals surface area (Å²) < 4.78 is 30.5. The molecule has 0 N–H and O–H groups in total. The number of benzene rings is 2. The largest absolute Gasteiger partial charge is 0.206 e. The first kappa shape index (κ1) is 23.6. The summed E-state index contributed by atoms with van der Waals surface area (Å²) in [5.74, 6) is 1.47. The third-order valence-electron chi connectivity index (χ3n) is 5.59. The maximum Gasteiger partial charge on any atom is 0.143 e. The minimum absolute atomic E-state index is 0.0200. The molecule has 0 fully saturated rings. The van der Waals surface area contributed by atoms with E-state index in [1.165, 1.54) is 0 Å². The Bertz CT molecular complexity index is 956. The number of allylic oxidation sites excluding steroid dienone is 2. The molecule has 0 aromatic heterocycles. The smallest absolute Gasteiger partial charge is 0.143 e. The highest BCUT2D eigenvalue weighted by atomic mass is 19.1. The Morgan fingerprint density at radius 1 is 0.933 bits per heavy atom. The summed E-state index contributed by atoms with van der Waals surface area (Å²) in [5.41, 5.74) is 5.14. The first-order valence-corrected chi connectivity index (χ1v) is 10.7. The SMILES string of the molecule is C#Cc1c(C)c(F)c(CCC(=C)CCC)c(Cc2ccc(C(=C)CCC)cc2)c1F. The highest BCUT2D eigenvalue weighted by Gasteiger charge is 2.21. The Kier molecular flexibility index (Phi) is 8.60. The van der Waals surface area contributed by atoms with Crippen LogP contribution in [0.25, 0.3) is 5.57 Å². The van der Waals surface area contributed by atoms with Gasteiger partial charge in [0.25, 0.3) is 0 Å². The van der Waals surface area contributed by atoms with Crippen molar-refractivity contribution in [1.82, 2.24) is 0 Å². The normalized spacial score (nSPS) is 10.7. The molecule has 0 aliphatic rings. The van der Waals surface area contributed by atoms with Crippen LogP contribution in [0.5, 0.6) is 0 Å². The molecule has 30 heavy (non-hydrogen) atoms. The molecule has 2 aromatic carbocycles. The second-order valence-corrected chi connectivity index (χ2v) is 7.96. The third-order valence-corrected chi connectivity index (χ3v) is 5.59. The Hall–Kier alpha value is -2.66. The van der Waals surface area contributed by atoms with E-state index in [-0.39, 0.29) is 11.1 Å². The number of terminal acetylenes is 1. The maximum atomic E-state index is 15.3. The van der Waals surface area contributed by atoms with Crippen molar-refractivity contribution in [3.63, 3.8) is 0 Å². The fraction of sp³-hybridized carbons (Fsp3) is 0.357. The first-order chi connectivity index (χ1) is 14.3. The quantitative estimate of drug-likeness (QED) is 0.277. The second kappa shape index (κ2) is 10.9. The van der Waals surface area contributed by atoms with Crippen molar-refractivity contribution >= 4 is 5.57 Å². The molecule has 2 rings (SSSR count). The Labute approximate surface area is 180 Å². The predicted octanol–water partition coefficient (Wildman–Crippen LogP) is 7.95. The molecular weight excluding hydrogens is 374 g/mol. The van der Waals surface area contributed by atoms with Crippen molar-refractivity contribution in [3.8, 4) is 12.3 Å². The van der Waals surface area contributed by atoms with Gasteiger partial charge >= 0.3 is 0 Å². The molecule has 0 amide bonds. The van der Waals surface area contributed by atoms with Gasteiger partial charge in [0.1, 0.15) is 11.6 Å². The van der Waals surface area contributed by atoms with Crippen LogP contribution in [0.2, 0.25) is 0 Å². The Morgan fingerprint density at radius 2 is 1.57 bits per heavy atom. The van der Waals surface area contributed by atoms with E-state index in [0.29, 0.717) is 30.4 Å². The van der Waals surface area contributed by atoms with Crippen LogP contribution in [0.3, 0.4) is 0 Å². The van der Waals surface area contributed by atoms with Gasteiger partial charge in [-0.15, -0.1) is 6.42 Å². The van der Waals surface area contributed by atoms with Crippen LogP contribution in [0.4, 0.5) is 8.78 Å². The summed E-state index contributed by atoms with van der Waals surface area (Å²) in [6.07, 6.45) is 10.7. The minimum Gasteiger partial charge on any atom is -0.206 e. The van der Waals surface area contributed by atoms with E-state index >= 15 is 8.78 Å². The molecule has 0 bridgehead atoms. The summed E-state index contributed by atoms with van der Waals surface area (Å²) in [4.78, 5) is 0. The van der Waals surface area contributed by atoms with Crippen LogP contribution in [-0.2, 0) is 12.8 Å². The topological polar surface area (TPSA) is 0 Å². The van der Waals surface area contributed by atoms with Gasteiger partial charge < -0.3 is 0 Å². The first-order valence-electron chi connectivity index (χ1n) is 10.7. The molecule has 0 aliphatic heterocycles. The standard InChI is InChI=1S/C28H32F2/c1-7-10-19(4)12-17-25-26(28(30)24(9-3)21(6)27(25)29)18-22-13-15-23(16-14-22)20(5)11-8-2/h3,13-16H,4-5,7-8,10-12,17-18H2,1-2,6H3. The van der Waals surface area contributed by atoms with Crippen LogP contribution >= 0.6 is 0 Å². The van der Waals surface area contributed by atoms with Gasteiger partial charge in [-0.1, -0.05) is 75.6 Å². The van der Waals surface area contributed by atoms with Crippen LogP contribution in [0.1, 0.15) is 79.3 Å². The predicted molar refractivity (Wildman–Crippen MR) is 125 cm³/mol. The average molecular weight is 407 g/mol. The van der Waals surface area contributed by atoms with Crippen molar-refractivity contribution < 1.29 is 8.78 Å². The summed E-state index contributed by atoms with van der Waals surface area (Å²) in [6, 6.07) is 7.92. The van der Waals surface area contributed by atoms with E-state index in [1.807, 2.05) is 24.3 Å². The van der Waals surface area contributed by atoms with Gasteiger partial charge in [-0.25, -0.2) is 8.78 Å². The molecule has 2 heteroatoms. The molecule has 0 aliphatic carbocycles.